The second kappa shape index (κ2) is 8.69. The quantitative estimate of drug-likeness (QED) is 0.625. The van der Waals surface area contributed by atoms with Crippen LogP contribution in [0.3, 0.4) is 0 Å². The molecule has 0 atom stereocenters. The first kappa shape index (κ1) is 19.6. The van der Waals surface area contributed by atoms with Crippen molar-refractivity contribution >= 4 is 11.6 Å². The van der Waals surface area contributed by atoms with Crippen molar-refractivity contribution in [3.63, 3.8) is 0 Å². The van der Waals surface area contributed by atoms with E-state index in [-0.39, 0.29) is 18.4 Å². The summed E-state index contributed by atoms with van der Waals surface area (Å²) in [5.41, 5.74) is 2.79. The van der Waals surface area contributed by atoms with E-state index >= 15 is 0 Å². The van der Waals surface area contributed by atoms with Crippen LogP contribution in [0.5, 0.6) is 5.75 Å². The minimum atomic E-state index is -0.208. The smallest absolute Gasteiger partial charge is 0.262 e. The van der Waals surface area contributed by atoms with E-state index in [1.54, 1.807) is 12.1 Å². The monoisotopic (exact) mass is 379 g/mol. The minimum absolute atomic E-state index is 0.0661. The van der Waals surface area contributed by atoms with Crippen molar-refractivity contribution in [2.45, 2.75) is 39.5 Å². The Hall–Kier alpha value is -3.15. The van der Waals surface area contributed by atoms with E-state index in [0.29, 0.717) is 23.4 Å². The first-order valence-corrected chi connectivity index (χ1v) is 9.39. The van der Waals surface area contributed by atoms with Crippen LogP contribution in [0.25, 0.3) is 11.5 Å². The Morgan fingerprint density at radius 1 is 1.00 bits per heavy atom. The molecule has 1 amide bonds. The normalized spacial score (nSPS) is 11.1. The number of ether oxygens (including phenoxy) is 1. The average Bonchev–Trinajstić information content (AvgIpc) is 3.18. The molecular weight excluding hydrogens is 354 g/mol. The van der Waals surface area contributed by atoms with Crippen LogP contribution in [0.2, 0.25) is 0 Å². The molecule has 1 heterocycles. The first-order chi connectivity index (χ1) is 13.4. The van der Waals surface area contributed by atoms with Gasteiger partial charge in [-0.2, -0.15) is 4.98 Å². The van der Waals surface area contributed by atoms with Gasteiger partial charge in [0.15, 0.2) is 12.4 Å². The van der Waals surface area contributed by atoms with Gasteiger partial charge in [0.25, 0.3) is 11.8 Å². The summed E-state index contributed by atoms with van der Waals surface area (Å²) in [6.07, 6.45) is 0. The molecule has 3 aromatic rings. The predicted molar refractivity (Wildman–Crippen MR) is 108 cm³/mol. The standard InChI is InChI=1S/C22H25N3O3/c1-14(2)16-5-9-18(10-6-16)23-20(26)13-27-19-11-7-17(8-12-19)22-24-21(15(3)4)25-28-22/h5-12,14-15H,13H2,1-4H3,(H,23,26). The number of hydrogen-bond donors (Lipinski definition) is 1. The second-order valence-electron chi connectivity index (χ2n) is 7.25. The molecule has 0 unspecified atom stereocenters. The third-order valence-corrected chi connectivity index (χ3v) is 4.29. The first-order valence-electron chi connectivity index (χ1n) is 9.39. The number of nitrogens with zero attached hydrogens (tertiary/aromatic N) is 2. The van der Waals surface area contributed by atoms with Gasteiger partial charge in [0.2, 0.25) is 0 Å². The molecule has 0 bridgehead atoms. The largest absolute Gasteiger partial charge is 0.484 e. The van der Waals surface area contributed by atoms with Gasteiger partial charge in [-0.3, -0.25) is 4.79 Å². The molecule has 0 fully saturated rings. The number of benzene rings is 2. The molecule has 0 aliphatic heterocycles. The molecule has 0 spiro atoms. The van der Waals surface area contributed by atoms with Gasteiger partial charge in [-0.1, -0.05) is 45.0 Å². The Morgan fingerprint density at radius 2 is 1.68 bits per heavy atom. The van der Waals surface area contributed by atoms with Crippen LogP contribution in [0.15, 0.2) is 53.1 Å². The van der Waals surface area contributed by atoms with Gasteiger partial charge in [-0.05, 0) is 47.9 Å². The lowest BCUT2D eigenvalue weighted by Gasteiger charge is -2.09. The molecule has 0 saturated heterocycles. The summed E-state index contributed by atoms with van der Waals surface area (Å²) in [4.78, 5) is 16.5. The summed E-state index contributed by atoms with van der Waals surface area (Å²) < 4.78 is 10.8. The van der Waals surface area contributed by atoms with Crippen LogP contribution in [0.1, 0.15) is 50.9 Å². The maximum atomic E-state index is 12.1. The Morgan fingerprint density at radius 3 is 2.25 bits per heavy atom. The van der Waals surface area contributed by atoms with Crippen molar-refractivity contribution in [1.29, 1.82) is 0 Å². The van der Waals surface area contributed by atoms with E-state index in [2.05, 4.69) is 29.3 Å². The average molecular weight is 379 g/mol. The van der Waals surface area contributed by atoms with Crippen LogP contribution >= 0.6 is 0 Å². The molecule has 28 heavy (non-hydrogen) atoms. The molecule has 0 aliphatic rings. The van der Waals surface area contributed by atoms with Crippen molar-refractivity contribution in [2.75, 3.05) is 11.9 Å². The summed E-state index contributed by atoms with van der Waals surface area (Å²) in [5, 5.41) is 6.79. The van der Waals surface area contributed by atoms with Crippen molar-refractivity contribution < 1.29 is 14.1 Å². The predicted octanol–water partition coefficient (Wildman–Crippen LogP) is 5.00. The topological polar surface area (TPSA) is 77.2 Å². The van der Waals surface area contributed by atoms with Gasteiger partial charge in [-0.25, -0.2) is 0 Å². The van der Waals surface area contributed by atoms with E-state index in [0.717, 1.165) is 11.3 Å². The van der Waals surface area contributed by atoms with Crippen LogP contribution in [0.4, 0.5) is 5.69 Å². The zero-order valence-corrected chi connectivity index (χ0v) is 16.6. The van der Waals surface area contributed by atoms with Gasteiger partial charge in [0.1, 0.15) is 5.75 Å². The highest BCUT2D eigenvalue weighted by Gasteiger charge is 2.12. The van der Waals surface area contributed by atoms with Gasteiger partial charge >= 0.3 is 0 Å². The maximum Gasteiger partial charge on any atom is 0.262 e. The fourth-order valence-electron chi connectivity index (χ4n) is 2.58. The molecular formula is C22H25N3O3. The molecule has 146 valence electrons. The number of hydrogen-bond acceptors (Lipinski definition) is 5. The van der Waals surface area contributed by atoms with E-state index < -0.39 is 0 Å². The highest BCUT2D eigenvalue weighted by Crippen LogP contribution is 2.23. The molecule has 2 aromatic carbocycles. The van der Waals surface area contributed by atoms with E-state index in [4.69, 9.17) is 9.26 Å². The summed E-state index contributed by atoms with van der Waals surface area (Å²) >= 11 is 0. The number of nitrogens with one attached hydrogen (secondary N) is 1. The van der Waals surface area contributed by atoms with Crippen molar-refractivity contribution in [1.82, 2.24) is 10.1 Å². The molecule has 0 radical (unpaired) electrons. The highest BCUT2D eigenvalue weighted by atomic mass is 16.5. The number of amides is 1. The number of aromatic nitrogens is 2. The lowest BCUT2D eigenvalue weighted by molar-refractivity contribution is -0.118. The molecule has 3 rings (SSSR count). The van der Waals surface area contributed by atoms with Crippen LogP contribution in [-0.2, 0) is 4.79 Å². The fourth-order valence-corrected chi connectivity index (χ4v) is 2.58. The summed E-state index contributed by atoms with van der Waals surface area (Å²) in [7, 11) is 0. The lowest BCUT2D eigenvalue weighted by atomic mass is 10.0. The van der Waals surface area contributed by atoms with Crippen LogP contribution < -0.4 is 10.1 Å². The third kappa shape index (κ3) is 4.97. The Balaban J connectivity index is 1.53. The number of rotatable bonds is 7. The molecule has 1 aromatic heterocycles. The van der Waals surface area contributed by atoms with E-state index in [9.17, 15) is 4.79 Å². The van der Waals surface area contributed by atoms with Gasteiger partial charge in [0.05, 0.1) is 0 Å². The number of carbonyl (C=O) groups is 1. The summed E-state index contributed by atoms with van der Waals surface area (Å²) in [5.74, 6) is 2.20. The van der Waals surface area contributed by atoms with Crippen LogP contribution in [-0.4, -0.2) is 22.7 Å². The Labute approximate surface area is 164 Å². The summed E-state index contributed by atoms with van der Waals surface area (Å²) in [6, 6.07) is 15.0. The molecule has 0 aliphatic carbocycles. The van der Waals surface area contributed by atoms with Crippen molar-refractivity contribution in [3.8, 4) is 17.2 Å². The number of anilines is 1. The van der Waals surface area contributed by atoms with Gasteiger partial charge in [0, 0.05) is 17.2 Å². The van der Waals surface area contributed by atoms with Gasteiger partial charge in [-0.15, -0.1) is 0 Å². The number of carbonyl (C=O) groups excluding carboxylic acids is 1. The SMILES string of the molecule is CC(C)c1ccc(NC(=O)COc2ccc(-c3nc(C(C)C)no3)cc2)cc1. The lowest BCUT2D eigenvalue weighted by Crippen LogP contribution is -2.20. The fraction of sp³-hybridized carbons (Fsp3) is 0.318. The zero-order valence-electron chi connectivity index (χ0n) is 16.6. The zero-order chi connectivity index (χ0) is 20.1. The molecule has 6 heteroatoms. The second-order valence-corrected chi connectivity index (χ2v) is 7.25. The van der Waals surface area contributed by atoms with Gasteiger partial charge < -0.3 is 14.6 Å². The molecule has 6 nitrogen and oxygen atoms in total. The highest BCUT2D eigenvalue weighted by molar-refractivity contribution is 5.91. The van der Waals surface area contributed by atoms with E-state index in [1.807, 2.05) is 50.2 Å². The Kier molecular flexibility index (Phi) is 6.09. The molecule has 0 saturated carbocycles. The van der Waals surface area contributed by atoms with Crippen LogP contribution in [0, 0.1) is 0 Å². The summed E-state index contributed by atoms with van der Waals surface area (Å²) in [6.45, 7) is 8.22. The Bertz CT molecular complexity index is 913. The van der Waals surface area contributed by atoms with Crippen molar-refractivity contribution in [3.05, 3.63) is 59.9 Å². The molecule has 1 N–H and O–H groups in total. The van der Waals surface area contributed by atoms with Crippen molar-refractivity contribution in [2.24, 2.45) is 0 Å². The van der Waals surface area contributed by atoms with E-state index in [1.165, 1.54) is 5.56 Å². The minimum Gasteiger partial charge on any atom is -0.484 e. The third-order valence-electron chi connectivity index (χ3n) is 4.29. The maximum absolute atomic E-state index is 12.1.